The number of nitrogens with zero attached hydrogens (tertiary/aromatic N) is 1. The van der Waals surface area contributed by atoms with Crippen LogP contribution in [0.25, 0.3) is 0 Å². The van der Waals surface area contributed by atoms with Gasteiger partial charge in [-0.3, -0.25) is 0 Å². The van der Waals surface area contributed by atoms with Gasteiger partial charge in [0.2, 0.25) is 0 Å². The Kier molecular flexibility index (Phi) is 3.82. The van der Waals surface area contributed by atoms with Gasteiger partial charge in [-0.25, -0.2) is 4.98 Å². The van der Waals surface area contributed by atoms with Crippen molar-refractivity contribution in [1.29, 1.82) is 0 Å². The number of anilines is 3. The van der Waals surface area contributed by atoms with E-state index in [1.807, 2.05) is 13.1 Å². The number of aromatic nitrogens is 1. The standard InChI is InChI=1S/C15H19N3/c1-4-12-6-5-7-13(10-12)17-15-11(2)8-9-14(16-3)18-15/h5-10H,4H2,1-3H3,(H2,16,17,18). The minimum atomic E-state index is 0.870. The maximum absolute atomic E-state index is 4.52. The molecule has 0 amide bonds. The van der Waals surface area contributed by atoms with Crippen LogP contribution in [0.2, 0.25) is 0 Å². The Hall–Kier alpha value is -2.03. The third-order valence-corrected chi connectivity index (χ3v) is 2.95. The van der Waals surface area contributed by atoms with Crippen molar-refractivity contribution in [3.05, 3.63) is 47.5 Å². The molecular weight excluding hydrogens is 222 g/mol. The molecule has 3 heteroatoms. The van der Waals surface area contributed by atoms with E-state index in [-0.39, 0.29) is 0 Å². The van der Waals surface area contributed by atoms with Crippen LogP contribution in [-0.4, -0.2) is 12.0 Å². The molecule has 0 aliphatic carbocycles. The van der Waals surface area contributed by atoms with E-state index in [0.29, 0.717) is 0 Å². The second kappa shape index (κ2) is 5.54. The van der Waals surface area contributed by atoms with Crippen LogP contribution >= 0.6 is 0 Å². The molecule has 94 valence electrons. The maximum atomic E-state index is 4.52. The molecule has 0 bridgehead atoms. The lowest BCUT2D eigenvalue weighted by Crippen LogP contribution is -2.00. The first-order valence-electron chi connectivity index (χ1n) is 6.24. The van der Waals surface area contributed by atoms with Crippen LogP contribution in [-0.2, 0) is 6.42 Å². The Balaban J connectivity index is 2.27. The van der Waals surface area contributed by atoms with Gasteiger partial charge in [0.1, 0.15) is 11.6 Å². The molecule has 0 saturated heterocycles. The summed E-state index contributed by atoms with van der Waals surface area (Å²) in [7, 11) is 1.87. The highest BCUT2D eigenvalue weighted by atomic mass is 15.1. The van der Waals surface area contributed by atoms with Gasteiger partial charge < -0.3 is 10.6 Å². The van der Waals surface area contributed by atoms with Crippen molar-refractivity contribution in [3.63, 3.8) is 0 Å². The quantitative estimate of drug-likeness (QED) is 0.856. The maximum Gasteiger partial charge on any atom is 0.135 e. The van der Waals surface area contributed by atoms with Gasteiger partial charge in [-0.15, -0.1) is 0 Å². The van der Waals surface area contributed by atoms with Gasteiger partial charge in [-0.2, -0.15) is 0 Å². The number of aryl methyl sites for hydroxylation is 2. The molecule has 0 aliphatic heterocycles. The lowest BCUT2D eigenvalue weighted by atomic mass is 10.1. The summed E-state index contributed by atoms with van der Waals surface area (Å²) in [5, 5.41) is 6.42. The Morgan fingerprint density at radius 2 is 2.00 bits per heavy atom. The molecule has 0 saturated carbocycles. The van der Waals surface area contributed by atoms with E-state index in [0.717, 1.165) is 29.3 Å². The summed E-state index contributed by atoms with van der Waals surface area (Å²) in [6, 6.07) is 12.5. The van der Waals surface area contributed by atoms with Crippen LogP contribution in [0.3, 0.4) is 0 Å². The molecule has 1 aromatic carbocycles. The van der Waals surface area contributed by atoms with E-state index < -0.39 is 0 Å². The molecule has 0 unspecified atom stereocenters. The topological polar surface area (TPSA) is 37.0 Å². The van der Waals surface area contributed by atoms with Crippen molar-refractivity contribution in [2.45, 2.75) is 20.3 Å². The fourth-order valence-corrected chi connectivity index (χ4v) is 1.80. The van der Waals surface area contributed by atoms with Crippen molar-refractivity contribution in [2.24, 2.45) is 0 Å². The van der Waals surface area contributed by atoms with Gasteiger partial charge in [0, 0.05) is 12.7 Å². The normalized spacial score (nSPS) is 10.2. The minimum absolute atomic E-state index is 0.870. The van der Waals surface area contributed by atoms with Crippen molar-refractivity contribution in [1.82, 2.24) is 4.98 Å². The summed E-state index contributed by atoms with van der Waals surface area (Å²) in [5.74, 6) is 1.77. The molecule has 2 N–H and O–H groups in total. The van der Waals surface area contributed by atoms with Gasteiger partial charge in [0.25, 0.3) is 0 Å². The minimum Gasteiger partial charge on any atom is -0.373 e. The summed E-state index contributed by atoms with van der Waals surface area (Å²) in [6.45, 7) is 4.21. The Bertz CT molecular complexity index is 535. The SMILES string of the molecule is CCc1cccc(Nc2nc(NC)ccc2C)c1. The van der Waals surface area contributed by atoms with E-state index in [1.165, 1.54) is 5.56 Å². The second-order valence-corrected chi connectivity index (χ2v) is 4.29. The molecule has 0 fully saturated rings. The largest absolute Gasteiger partial charge is 0.373 e. The van der Waals surface area contributed by atoms with Gasteiger partial charge >= 0.3 is 0 Å². The van der Waals surface area contributed by atoms with Crippen molar-refractivity contribution in [3.8, 4) is 0 Å². The highest BCUT2D eigenvalue weighted by Crippen LogP contribution is 2.21. The molecule has 0 aliphatic rings. The van der Waals surface area contributed by atoms with Crippen LogP contribution in [0.1, 0.15) is 18.1 Å². The zero-order chi connectivity index (χ0) is 13.0. The smallest absolute Gasteiger partial charge is 0.135 e. The molecule has 0 atom stereocenters. The van der Waals surface area contributed by atoms with Crippen molar-refractivity contribution < 1.29 is 0 Å². The van der Waals surface area contributed by atoms with Crippen LogP contribution in [0.15, 0.2) is 36.4 Å². The molecule has 3 nitrogen and oxygen atoms in total. The fraction of sp³-hybridized carbons (Fsp3) is 0.267. The van der Waals surface area contributed by atoms with Gasteiger partial charge in [-0.05, 0) is 42.7 Å². The number of rotatable bonds is 4. The summed E-state index contributed by atoms with van der Waals surface area (Å²) in [5.41, 5.74) is 3.54. The summed E-state index contributed by atoms with van der Waals surface area (Å²) < 4.78 is 0. The van der Waals surface area contributed by atoms with Gasteiger partial charge in [0.05, 0.1) is 0 Å². The third kappa shape index (κ3) is 2.80. The van der Waals surface area contributed by atoms with E-state index in [4.69, 9.17) is 0 Å². The van der Waals surface area contributed by atoms with Crippen LogP contribution in [0.4, 0.5) is 17.3 Å². The first-order valence-corrected chi connectivity index (χ1v) is 6.24. The lowest BCUT2D eigenvalue weighted by Gasteiger charge is -2.11. The molecule has 2 rings (SSSR count). The average Bonchev–Trinajstić information content (AvgIpc) is 2.41. The van der Waals surface area contributed by atoms with E-state index in [1.54, 1.807) is 0 Å². The van der Waals surface area contributed by atoms with Crippen LogP contribution in [0, 0.1) is 6.92 Å². The molecule has 1 heterocycles. The first-order chi connectivity index (χ1) is 8.72. The van der Waals surface area contributed by atoms with Gasteiger partial charge in [0.15, 0.2) is 0 Å². The van der Waals surface area contributed by atoms with Crippen molar-refractivity contribution in [2.75, 3.05) is 17.7 Å². The average molecular weight is 241 g/mol. The molecule has 0 spiro atoms. The molecule has 1 aromatic heterocycles. The molecular formula is C15H19N3. The Morgan fingerprint density at radius 1 is 1.17 bits per heavy atom. The predicted molar refractivity (Wildman–Crippen MR) is 77.6 cm³/mol. The predicted octanol–water partition coefficient (Wildman–Crippen LogP) is 3.74. The van der Waals surface area contributed by atoms with Crippen LogP contribution < -0.4 is 10.6 Å². The zero-order valence-corrected chi connectivity index (χ0v) is 11.1. The number of benzene rings is 1. The summed E-state index contributed by atoms with van der Waals surface area (Å²) in [6.07, 6.45) is 1.04. The zero-order valence-electron chi connectivity index (χ0n) is 11.1. The number of nitrogens with one attached hydrogen (secondary N) is 2. The third-order valence-electron chi connectivity index (χ3n) is 2.95. The van der Waals surface area contributed by atoms with Crippen LogP contribution in [0.5, 0.6) is 0 Å². The monoisotopic (exact) mass is 241 g/mol. The summed E-state index contributed by atoms with van der Waals surface area (Å²) >= 11 is 0. The number of hydrogen-bond donors (Lipinski definition) is 2. The fourth-order valence-electron chi connectivity index (χ4n) is 1.80. The van der Waals surface area contributed by atoms with Gasteiger partial charge in [-0.1, -0.05) is 25.1 Å². The molecule has 18 heavy (non-hydrogen) atoms. The van der Waals surface area contributed by atoms with Crippen molar-refractivity contribution >= 4 is 17.3 Å². The highest BCUT2D eigenvalue weighted by Gasteiger charge is 2.02. The lowest BCUT2D eigenvalue weighted by molar-refractivity contribution is 1.14. The van der Waals surface area contributed by atoms with E-state index >= 15 is 0 Å². The second-order valence-electron chi connectivity index (χ2n) is 4.29. The molecule has 0 radical (unpaired) electrons. The van der Waals surface area contributed by atoms with E-state index in [9.17, 15) is 0 Å². The highest BCUT2D eigenvalue weighted by molar-refractivity contribution is 5.61. The summed E-state index contributed by atoms with van der Waals surface area (Å²) in [4.78, 5) is 4.52. The van der Waals surface area contributed by atoms with E-state index in [2.05, 4.69) is 59.8 Å². The number of hydrogen-bond acceptors (Lipinski definition) is 3. The number of pyridine rings is 1. The first kappa shape index (κ1) is 12.4. The Labute approximate surface area is 108 Å². The molecule has 2 aromatic rings. The Morgan fingerprint density at radius 3 is 2.72 bits per heavy atom.